The van der Waals surface area contributed by atoms with Gasteiger partial charge in [-0.05, 0) is 31.4 Å². The maximum absolute atomic E-state index is 5.58. The molecule has 1 fully saturated rings. The van der Waals surface area contributed by atoms with E-state index in [-0.39, 0.29) is 0 Å². The zero-order chi connectivity index (χ0) is 10.2. The number of methoxy groups -OCH3 is 1. The Balaban J connectivity index is 2.21. The van der Waals surface area contributed by atoms with Gasteiger partial charge in [0, 0.05) is 25.0 Å². The van der Waals surface area contributed by atoms with Gasteiger partial charge in [0.25, 0.3) is 0 Å². The van der Waals surface area contributed by atoms with Crippen LogP contribution in [0.15, 0.2) is 0 Å². The molecule has 1 rings (SSSR count). The second-order valence-electron chi connectivity index (χ2n) is 3.81. The summed E-state index contributed by atoms with van der Waals surface area (Å²) < 4.78 is 5.05. The number of ether oxygens (including phenoxy) is 1. The first-order chi connectivity index (χ1) is 6.88. The summed E-state index contributed by atoms with van der Waals surface area (Å²) in [4.78, 5) is 0. The largest absolute Gasteiger partial charge is 0.385 e. The summed E-state index contributed by atoms with van der Waals surface area (Å²) in [6, 6.07) is 0.468. The van der Waals surface area contributed by atoms with Crippen LogP contribution >= 0.6 is 11.8 Å². The second kappa shape index (κ2) is 7.51. The maximum Gasteiger partial charge on any atom is 0.0462 e. The Morgan fingerprint density at radius 1 is 1.57 bits per heavy atom. The highest BCUT2D eigenvalue weighted by Crippen LogP contribution is 2.28. The number of nitrogens with two attached hydrogens (primary N) is 1. The molecule has 1 aliphatic heterocycles. The van der Waals surface area contributed by atoms with Gasteiger partial charge in [-0.25, -0.2) is 0 Å². The smallest absolute Gasteiger partial charge is 0.0462 e. The van der Waals surface area contributed by atoms with Gasteiger partial charge >= 0.3 is 0 Å². The molecule has 0 aromatic rings. The first-order valence-corrected chi connectivity index (χ1v) is 6.50. The molecule has 2 atom stereocenters. The van der Waals surface area contributed by atoms with E-state index in [0.29, 0.717) is 11.3 Å². The molecule has 0 aliphatic carbocycles. The molecule has 1 aliphatic rings. The minimum absolute atomic E-state index is 0.468. The fourth-order valence-electron chi connectivity index (χ4n) is 1.91. The third-order valence-electron chi connectivity index (χ3n) is 2.74. The first-order valence-electron chi connectivity index (χ1n) is 5.45. The number of rotatable bonds is 6. The van der Waals surface area contributed by atoms with Crippen molar-refractivity contribution in [1.82, 2.24) is 5.43 Å². The highest BCUT2D eigenvalue weighted by molar-refractivity contribution is 8.00. The van der Waals surface area contributed by atoms with Crippen molar-refractivity contribution in [1.29, 1.82) is 0 Å². The highest BCUT2D eigenvalue weighted by Gasteiger charge is 2.22. The minimum Gasteiger partial charge on any atom is -0.385 e. The molecule has 0 spiro atoms. The second-order valence-corrected chi connectivity index (χ2v) is 5.16. The number of thioether (sulfide) groups is 1. The third-order valence-corrected chi connectivity index (χ3v) is 4.26. The van der Waals surface area contributed by atoms with E-state index in [9.17, 15) is 0 Å². The molecule has 2 unspecified atom stereocenters. The van der Waals surface area contributed by atoms with Crippen LogP contribution in [0.25, 0.3) is 0 Å². The Kier molecular flexibility index (Phi) is 6.60. The molecule has 0 aromatic heterocycles. The Hall–Kier alpha value is 0.230. The Morgan fingerprint density at radius 3 is 3.00 bits per heavy atom. The van der Waals surface area contributed by atoms with Gasteiger partial charge in [0.2, 0.25) is 0 Å². The number of nitrogens with one attached hydrogen (secondary N) is 1. The highest BCUT2D eigenvalue weighted by atomic mass is 32.2. The molecule has 0 bridgehead atoms. The van der Waals surface area contributed by atoms with Crippen LogP contribution in [0.5, 0.6) is 0 Å². The van der Waals surface area contributed by atoms with E-state index in [0.717, 1.165) is 19.4 Å². The topological polar surface area (TPSA) is 47.3 Å². The van der Waals surface area contributed by atoms with Gasteiger partial charge in [-0.3, -0.25) is 11.3 Å². The van der Waals surface area contributed by atoms with Crippen LogP contribution < -0.4 is 11.3 Å². The summed E-state index contributed by atoms with van der Waals surface area (Å²) in [7, 11) is 1.75. The molecule has 3 N–H and O–H groups in total. The molecular formula is C10H22N2OS. The Bertz CT molecular complexity index is 140. The van der Waals surface area contributed by atoms with E-state index in [1.165, 1.54) is 25.0 Å². The molecule has 14 heavy (non-hydrogen) atoms. The van der Waals surface area contributed by atoms with E-state index in [4.69, 9.17) is 10.6 Å². The fraction of sp³-hybridized carbons (Fsp3) is 1.00. The lowest BCUT2D eigenvalue weighted by Gasteiger charge is -2.29. The fourth-order valence-corrected chi connectivity index (χ4v) is 3.36. The van der Waals surface area contributed by atoms with Crippen LogP contribution in [-0.2, 0) is 4.74 Å². The quantitative estimate of drug-likeness (QED) is 0.403. The molecule has 0 amide bonds. The molecule has 84 valence electrons. The Labute approximate surface area is 91.1 Å². The first kappa shape index (κ1) is 12.3. The van der Waals surface area contributed by atoms with Crippen molar-refractivity contribution in [2.75, 3.05) is 19.5 Å². The molecular weight excluding hydrogens is 196 g/mol. The van der Waals surface area contributed by atoms with Gasteiger partial charge in [-0.15, -0.1) is 0 Å². The molecule has 0 radical (unpaired) electrons. The summed E-state index contributed by atoms with van der Waals surface area (Å²) in [6.07, 6.45) is 6.27. The van der Waals surface area contributed by atoms with Gasteiger partial charge in [0.05, 0.1) is 0 Å². The van der Waals surface area contributed by atoms with E-state index >= 15 is 0 Å². The number of hydrogen-bond donors (Lipinski definition) is 2. The predicted molar refractivity (Wildman–Crippen MR) is 62.3 cm³/mol. The van der Waals surface area contributed by atoms with Crippen molar-refractivity contribution >= 4 is 11.8 Å². The van der Waals surface area contributed by atoms with Crippen molar-refractivity contribution in [3.05, 3.63) is 0 Å². The number of hydrazine groups is 1. The van der Waals surface area contributed by atoms with Crippen LogP contribution in [0.4, 0.5) is 0 Å². The summed E-state index contributed by atoms with van der Waals surface area (Å²) in [6.45, 7) is 0.843. The molecule has 3 nitrogen and oxygen atoms in total. The van der Waals surface area contributed by atoms with Crippen LogP contribution in [0, 0.1) is 0 Å². The predicted octanol–water partition coefficient (Wildman–Crippen LogP) is 1.53. The lowest BCUT2D eigenvalue weighted by molar-refractivity contribution is 0.188. The van der Waals surface area contributed by atoms with Crippen LogP contribution in [0.1, 0.15) is 32.1 Å². The van der Waals surface area contributed by atoms with Gasteiger partial charge in [0.1, 0.15) is 0 Å². The summed E-state index contributed by atoms with van der Waals surface area (Å²) in [5.41, 5.74) is 2.95. The zero-order valence-electron chi connectivity index (χ0n) is 9.00. The summed E-state index contributed by atoms with van der Waals surface area (Å²) in [5.74, 6) is 6.88. The third kappa shape index (κ3) is 4.17. The normalized spacial score (nSPS) is 24.9. The standard InChI is InChI=1S/C10H22N2OS/c1-13-7-4-5-9(12-11)10-6-2-3-8-14-10/h9-10,12H,2-8,11H2,1H3. The molecule has 1 saturated heterocycles. The molecule has 0 aromatic carbocycles. The van der Waals surface area contributed by atoms with Gasteiger partial charge in [-0.2, -0.15) is 11.8 Å². The van der Waals surface area contributed by atoms with Crippen LogP contribution in [-0.4, -0.2) is 30.8 Å². The van der Waals surface area contributed by atoms with Crippen molar-refractivity contribution in [3.63, 3.8) is 0 Å². The van der Waals surface area contributed by atoms with Gasteiger partial charge < -0.3 is 4.74 Å². The lowest BCUT2D eigenvalue weighted by Crippen LogP contribution is -2.43. The van der Waals surface area contributed by atoms with E-state index < -0.39 is 0 Å². The molecule has 0 saturated carbocycles. The van der Waals surface area contributed by atoms with Crippen LogP contribution in [0.2, 0.25) is 0 Å². The SMILES string of the molecule is COCCCC(NN)C1CCCCS1. The number of hydrogen-bond acceptors (Lipinski definition) is 4. The van der Waals surface area contributed by atoms with E-state index in [1.54, 1.807) is 7.11 Å². The lowest BCUT2D eigenvalue weighted by atomic mass is 10.0. The molecule has 4 heteroatoms. The maximum atomic E-state index is 5.58. The van der Waals surface area contributed by atoms with Crippen molar-refractivity contribution < 1.29 is 4.74 Å². The van der Waals surface area contributed by atoms with Crippen molar-refractivity contribution in [3.8, 4) is 0 Å². The zero-order valence-corrected chi connectivity index (χ0v) is 9.81. The summed E-state index contributed by atoms with van der Waals surface area (Å²) >= 11 is 2.07. The average molecular weight is 218 g/mol. The van der Waals surface area contributed by atoms with Crippen molar-refractivity contribution in [2.24, 2.45) is 5.84 Å². The Morgan fingerprint density at radius 2 is 2.43 bits per heavy atom. The molecule has 1 heterocycles. The van der Waals surface area contributed by atoms with E-state index in [1.807, 2.05) is 0 Å². The van der Waals surface area contributed by atoms with Crippen LogP contribution in [0.3, 0.4) is 0 Å². The van der Waals surface area contributed by atoms with Gasteiger partial charge in [0.15, 0.2) is 0 Å². The van der Waals surface area contributed by atoms with E-state index in [2.05, 4.69) is 17.2 Å². The monoisotopic (exact) mass is 218 g/mol. The summed E-state index contributed by atoms with van der Waals surface area (Å²) in [5, 5.41) is 0.714. The minimum atomic E-state index is 0.468. The average Bonchev–Trinajstić information content (AvgIpc) is 2.26. The van der Waals surface area contributed by atoms with Crippen molar-refractivity contribution in [2.45, 2.75) is 43.4 Å². The van der Waals surface area contributed by atoms with Gasteiger partial charge in [-0.1, -0.05) is 6.42 Å².